The summed E-state index contributed by atoms with van der Waals surface area (Å²) in [5, 5.41) is 20.5. The van der Waals surface area contributed by atoms with Crippen molar-refractivity contribution in [3.8, 4) is 0 Å². The van der Waals surface area contributed by atoms with Gasteiger partial charge in [0.05, 0.1) is 6.61 Å². The molecule has 0 aromatic heterocycles. The van der Waals surface area contributed by atoms with Crippen LogP contribution in [0.3, 0.4) is 0 Å². The lowest BCUT2D eigenvalue weighted by molar-refractivity contribution is -0.145. The van der Waals surface area contributed by atoms with Crippen LogP contribution in [-0.2, 0) is 4.74 Å². The summed E-state index contributed by atoms with van der Waals surface area (Å²) in [6.45, 7) is -0.779. The van der Waals surface area contributed by atoms with Crippen molar-refractivity contribution in [3.05, 3.63) is 12.3 Å². The molecule has 0 saturated carbocycles. The van der Waals surface area contributed by atoms with E-state index in [0.29, 0.717) is 4.90 Å². The van der Waals surface area contributed by atoms with E-state index < -0.39 is 43.2 Å². The highest BCUT2D eigenvalue weighted by molar-refractivity contribution is 6.13. The van der Waals surface area contributed by atoms with Crippen LogP contribution in [0.5, 0.6) is 0 Å². The van der Waals surface area contributed by atoms with Crippen LogP contribution in [0.4, 0.5) is 13.6 Å². The Bertz CT molecular complexity index is 398. The van der Waals surface area contributed by atoms with Gasteiger partial charge < -0.3 is 20.3 Å². The molecule has 0 bridgehead atoms. The van der Waals surface area contributed by atoms with Gasteiger partial charge in [-0.05, 0) is 17.9 Å². The lowest BCUT2D eigenvalue weighted by atomic mass is 10.1. The van der Waals surface area contributed by atoms with Gasteiger partial charge in [0.2, 0.25) is 6.23 Å². The van der Waals surface area contributed by atoms with Crippen LogP contribution >= 0.6 is 11.8 Å². The van der Waals surface area contributed by atoms with E-state index in [2.05, 4.69) is 10.2 Å². The number of aliphatic hydroxyl groups excluding tert-OH is 2. The van der Waals surface area contributed by atoms with E-state index in [9.17, 15) is 18.7 Å². The minimum Gasteiger partial charge on any atom is -0.394 e. The highest BCUT2D eigenvalue weighted by atomic mass is 35.5. The molecule has 2 rings (SSSR count). The maximum absolute atomic E-state index is 13.8. The van der Waals surface area contributed by atoms with Crippen LogP contribution in [-0.4, -0.2) is 58.3 Å². The van der Waals surface area contributed by atoms with Crippen LogP contribution in [0.2, 0.25) is 0 Å². The second-order valence-corrected chi connectivity index (χ2v) is 4.33. The van der Waals surface area contributed by atoms with Gasteiger partial charge in [-0.3, -0.25) is 4.90 Å². The molecular weight excluding hydrogens is 288 g/mol. The normalized spacial score (nSPS) is 37.5. The fourth-order valence-corrected chi connectivity index (χ4v) is 2.00. The number of alkyl halides is 2. The first-order valence-electron chi connectivity index (χ1n) is 5.37. The van der Waals surface area contributed by atoms with Crippen molar-refractivity contribution < 1.29 is 28.5 Å². The first-order chi connectivity index (χ1) is 8.91. The Morgan fingerprint density at radius 3 is 2.79 bits per heavy atom. The number of nitrogens with zero attached hydrogens (tertiary/aromatic N) is 1. The number of hydrogen-bond acceptors (Lipinski definition) is 5. The maximum atomic E-state index is 13.8. The van der Waals surface area contributed by atoms with Crippen LogP contribution < -0.4 is 10.2 Å². The molecule has 0 aliphatic carbocycles. The molecule has 1 saturated heterocycles. The Balaban J connectivity index is 2.20. The minimum absolute atomic E-state index is 0.601. The number of carbonyl (C=O) groups is 1. The summed E-state index contributed by atoms with van der Waals surface area (Å²) in [6, 6.07) is -0.865. The van der Waals surface area contributed by atoms with Crippen molar-refractivity contribution in [2.75, 3.05) is 6.61 Å². The van der Waals surface area contributed by atoms with Gasteiger partial charge in [-0.25, -0.2) is 9.63 Å². The second kappa shape index (κ2) is 5.17. The molecule has 0 radical (unpaired) electrons. The minimum atomic E-state index is -3.70. The number of halogens is 3. The monoisotopic (exact) mass is 299 g/mol. The van der Waals surface area contributed by atoms with Crippen molar-refractivity contribution in [2.45, 2.75) is 30.5 Å². The summed E-state index contributed by atoms with van der Waals surface area (Å²) in [4.78, 5) is 14.5. The standard InChI is InChI=1S/C9H12ClF2N3O4/c10-14-5-1-2-15(8(18)13-5)7-9(11,12)6(17)4(3-16)19-7/h1-2,4-7,14,16-17H,3H2,(H,13,18)/t4-,5?,6-,7-/m1/s1. The Morgan fingerprint density at radius 1 is 1.63 bits per heavy atom. The fraction of sp³-hybridized carbons (Fsp3) is 0.667. The second-order valence-electron chi connectivity index (χ2n) is 4.11. The molecule has 108 valence electrons. The van der Waals surface area contributed by atoms with Gasteiger partial charge in [-0.1, -0.05) is 0 Å². The van der Waals surface area contributed by atoms with E-state index in [1.165, 1.54) is 6.08 Å². The van der Waals surface area contributed by atoms with Crippen molar-refractivity contribution in [1.82, 2.24) is 15.1 Å². The average Bonchev–Trinajstić information content (AvgIpc) is 2.61. The van der Waals surface area contributed by atoms with Gasteiger partial charge >= 0.3 is 12.0 Å². The van der Waals surface area contributed by atoms with E-state index in [1.54, 1.807) is 0 Å². The maximum Gasteiger partial charge on any atom is 0.325 e. The van der Waals surface area contributed by atoms with Crippen LogP contribution in [0, 0.1) is 0 Å². The molecule has 1 unspecified atom stereocenters. The molecule has 4 N–H and O–H groups in total. The average molecular weight is 300 g/mol. The molecule has 1 fully saturated rings. The highest BCUT2D eigenvalue weighted by Crippen LogP contribution is 2.38. The first-order valence-corrected chi connectivity index (χ1v) is 5.75. The lowest BCUT2D eigenvalue weighted by Crippen LogP contribution is -2.57. The molecule has 2 aliphatic rings. The van der Waals surface area contributed by atoms with Gasteiger partial charge in [0, 0.05) is 6.20 Å². The number of aliphatic hydroxyl groups is 2. The predicted molar refractivity (Wildman–Crippen MR) is 59.0 cm³/mol. The van der Waals surface area contributed by atoms with E-state index in [-0.39, 0.29) is 0 Å². The summed E-state index contributed by atoms with van der Waals surface area (Å²) in [6.07, 6.45) is -3.93. The smallest absolute Gasteiger partial charge is 0.325 e. The van der Waals surface area contributed by atoms with E-state index in [1.807, 2.05) is 0 Å². The topological polar surface area (TPSA) is 94.1 Å². The van der Waals surface area contributed by atoms with Crippen molar-refractivity contribution in [1.29, 1.82) is 0 Å². The molecule has 4 atom stereocenters. The van der Waals surface area contributed by atoms with E-state index >= 15 is 0 Å². The molecule has 0 aromatic carbocycles. The third kappa shape index (κ3) is 2.39. The summed E-state index contributed by atoms with van der Waals surface area (Å²) in [7, 11) is 0. The fourth-order valence-electron chi connectivity index (χ4n) is 1.87. The quantitative estimate of drug-likeness (QED) is 0.518. The van der Waals surface area contributed by atoms with E-state index in [4.69, 9.17) is 21.6 Å². The number of hydrogen-bond donors (Lipinski definition) is 4. The van der Waals surface area contributed by atoms with Crippen LogP contribution in [0.25, 0.3) is 0 Å². The summed E-state index contributed by atoms with van der Waals surface area (Å²) in [5.74, 6) is -3.70. The first kappa shape index (κ1) is 14.4. The van der Waals surface area contributed by atoms with E-state index in [0.717, 1.165) is 6.20 Å². The van der Waals surface area contributed by atoms with Crippen LogP contribution in [0.15, 0.2) is 12.3 Å². The van der Waals surface area contributed by atoms with Gasteiger partial charge in [0.1, 0.15) is 12.3 Å². The third-order valence-corrected chi connectivity index (χ3v) is 3.12. The molecule has 2 aliphatic heterocycles. The molecule has 10 heteroatoms. The molecule has 2 amide bonds. The Kier molecular flexibility index (Phi) is 3.92. The Morgan fingerprint density at radius 2 is 2.32 bits per heavy atom. The summed E-state index contributed by atoms with van der Waals surface area (Å²) >= 11 is 5.29. The van der Waals surface area contributed by atoms with Gasteiger partial charge in [0.15, 0.2) is 6.10 Å². The molecule has 2 heterocycles. The molecule has 0 aromatic rings. The largest absolute Gasteiger partial charge is 0.394 e. The number of carbonyl (C=O) groups excluding carboxylic acids is 1. The number of amides is 2. The number of rotatable bonds is 3. The molecular formula is C9H12ClF2N3O4. The van der Waals surface area contributed by atoms with Crippen molar-refractivity contribution in [2.24, 2.45) is 0 Å². The molecule has 0 spiro atoms. The zero-order chi connectivity index (χ0) is 14.2. The SMILES string of the molecule is O=C1NC(NCl)C=CN1[C@@H]1O[C@H](CO)[C@@H](O)C1(F)F. The molecule has 19 heavy (non-hydrogen) atoms. The van der Waals surface area contributed by atoms with Gasteiger partial charge in [-0.15, -0.1) is 0 Å². The number of nitrogens with one attached hydrogen (secondary N) is 2. The Labute approximate surface area is 111 Å². The van der Waals surface area contributed by atoms with Gasteiger partial charge in [-0.2, -0.15) is 8.78 Å². The summed E-state index contributed by atoms with van der Waals surface area (Å²) in [5.41, 5.74) is 0. The Hall–Kier alpha value is -1.00. The predicted octanol–water partition coefficient (Wildman–Crippen LogP) is -0.692. The van der Waals surface area contributed by atoms with Crippen molar-refractivity contribution in [3.63, 3.8) is 0 Å². The molecule has 7 nitrogen and oxygen atoms in total. The van der Waals surface area contributed by atoms with Gasteiger partial charge in [0.25, 0.3) is 0 Å². The van der Waals surface area contributed by atoms with Crippen molar-refractivity contribution >= 4 is 17.8 Å². The summed E-state index contributed by atoms with van der Waals surface area (Å²) < 4.78 is 32.4. The van der Waals surface area contributed by atoms with Crippen LogP contribution in [0.1, 0.15) is 0 Å². The lowest BCUT2D eigenvalue weighted by Gasteiger charge is -2.33. The number of urea groups is 1. The highest BCUT2D eigenvalue weighted by Gasteiger charge is 2.61. The zero-order valence-corrected chi connectivity index (χ0v) is 10.2. The third-order valence-electron chi connectivity index (χ3n) is 2.88. The number of ether oxygens (including phenoxy) is 1. The zero-order valence-electron chi connectivity index (χ0n) is 9.46.